The first-order valence-electron chi connectivity index (χ1n) is 7.63. The van der Waals surface area contributed by atoms with Gasteiger partial charge in [-0.2, -0.15) is 13.2 Å². The normalized spacial score (nSPS) is 24.5. The average Bonchev–Trinajstić information content (AvgIpc) is 2.97. The van der Waals surface area contributed by atoms with Gasteiger partial charge in [0, 0.05) is 19.0 Å². The van der Waals surface area contributed by atoms with Gasteiger partial charge in [0.25, 0.3) is 0 Å². The Hall–Kier alpha value is -1.72. The highest BCUT2D eigenvalue weighted by Crippen LogP contribution is 2.41. The molecule has 2 atom stereocenters. The molecule has 1 aromatic rings. The molecule has 3 nitrogen and oxygen atoms in total. The summed E-state index contributed by atoms with van der Waals surface area (Å²) in [5.74, 6) is 0.0780. The maximum Gasteiger partial charge on any atom is 0.416 e. The molecular weight excluding hydrogens is 293 g/mol. The van der Waals surface area contributed by atoms with Crippen molar-refractivity contribution in [2.24, 2.45) is 11.8 Å². The largest absolute Gasteiger partial charge is 0.416 e. The summed E-state index contributed by atoms with van der Waals surface area (Å²) >= 11 is 0. The predicted molar refractivity (Wildman–Crippen MR) is 78.8 cm³/mol. The summed E-state index contributed by atoms with van der Waals surface area (Å²) in [4.78, 5) is 14.1. The van der Waals surface area contributed by atoms with Crippen molar-refractivity contribution in [3.8, 4) is 0 Å². The van der Waals surface area contributed by atoms with Crippen molar-refractivity contribution in [1.82, 2.24) is 0 Å². The number of nitrogens with zero attached hydrogens (tertiary/aromatic N) is 1. The van der Waals surface area contributed by atoms with E-state index in [4.69, 9.17) is 0 Å². The van der Waals surface area contributed by atoms with E-state index in [1.165, 1.54) is 6.07 Å². The molecule has 22 heavy (non-hydrogen) atoms. The van der Waals surface area contributed by atoms with Gasteiger partial charge in [0.05, 0.1) is 16.9 Å². The number of rotatable bonds is 3. The van der Waals surface area contributed by atoms with Crippen LogP contribution in [-0.4, -0.2) is 19.0 Å². The summed E-state index contributed by atoms with van der Waals surface area (Å²) in [7, 11) is 0. The molecule has 120 valence electrons. The van der Waals surface area contributed by atoms with Gasteiger partial charge in [0.15, 0.2) is 0 Å². The van der Waals surface area contributed by atoms with Crippen LogP contribution >= 0.6 is 0 Å². The molecule has 0 unspecified atom stereocenters. The Kier molecular flexibility index (Phi) is 3.78. The molecule has 0 radical (unpaired) electrons. The zero-order chi connectivity index (χ0) is 15.9. The summed E-state index contributed by atoms with van der Waals surface area (Å²) in [5.41, 5.74) is 0.238. The molecule has 1 aliphatic heterocycles. The zero-order valence-electron chi connectivity index (χ0n) is 12.4. The lowest BCUT2D eigenvalue weighted by molar-refractivity contribution is -0.137. The molecule has 2 fully saturated rings. The minimum atomic E-state index is -4.41. The van der Waals surface area contributed by atoms with Gasteiger partial charge in [-0.1, -0.05) is 6.92 Å². The summed E-state index contributed by atoms with van der Waals surface area (Å²) < 4.78 is 38.8. The van der Waals surface area contributed by atoms with E-state index in [1.807, 2.05) is 11.8 Å². The third-order valence-electron chi connectivity index (χ3n) is 4.47. The van der Waals surface area contributed by atoms with Crippen molar-refractivity contribution in [2.45, 2.75) is 32.4 Å². The monoisotopic (exact) mass is 312 g/mol. The standard InChI is InChI=1S/C16H19F3N2O/c1-10-8-12(10)15(22)20-13-9-11(16(17,18)19)4-5-14(13)21-6-2-3-7-21/h4-5,9-10,12H,2-3,6-8H2,1H3,(H,20,22)/t10-,12-/m0/s1. The number of carbonyl (C=O) groups excluding carboxylic acids is 1. The van der Waals surface area contributed by atoms with Gasteiger partial charge in [-0.3, -0.25) is 4.79 Å². The van der Waals surface area contributed by atoms with E-state index in [1.54, 1.807) is 0 Å². The van der Waals surface area contributed by atoms with E-state index in [0.29, 0.717) is 11.6 Å². The molecule has 1 amide bonds. The number of nitrogens with one attached hydrogen (secondary N) is 1. The first kappa shape index (κ1) is 15.2. The molecule has 1 saturated carbocycles. The van der Waals surface area contributed by atoms with Crippen molar-refractivity contribution in [2.75, 3.05) is 23.3 Å². The molecule has 1 aliphatic carbocycles. The quantitative estimate of drug-likeness (QED) is 0.918. The van der Waals surface area contributed by atoms with Crippen LogP contribution in [0.4, 0.5) is 24.5 Å². The number of hydrogen-bond acceptors (Lipinski definition) is 2. The van der Waals surface area contributed by atoms with Crippen LogP contribution in [0, 0.1) is 11.8 Å². The van der Waals surface area contributed by atoms with Crippen molar-refractivity contribution < 1.29 is 18.0 Å². The Morgan fingerprint density at radius 1 is 1.27 bits per heavy atom. The fourth-order valence-electron chi connectivity index (χ4n) is 2.96. The van der Waals surface area contributed by atoms with Crippen LogP contribution in [0.2, 0.25) is 0 Å². The lowest BCUT2D eigenvalue weighted by Crippen LogP contribution is -2.22. The highest BCUT2D eigenvalue weighted by Gasteiger charge is 2.39. The van der Waals surface area contributed by atoms with Crippen molar-refractivity contribution in [3.63, 3.8) is 0 Å². The summed E-state index contributed by atoms with van der Waals surface area (Å²) in [5, 5.41) is 2.71. The van der Waals surface area contributed by atoms with Crippen LogP contribution in [0.1, 0.15) is 31.7 Å². The Balaban J connectivity index is 1.89. The van der Waals surface area contributed by atoms with Crippen LogP contribution in [0.25, 0.3) is 0 Å². The van der Waals surface area contributed by atoms with Crippen LogP contribution in [-0.2, 0) is 11.0 Å². The third kappa shape index (κ3) is 3.05. The first-order chi connectivity index (χ1) is 10.4. The number of hydrogen-bond donors (Lipinski definition) is 1. The number of amides is 1. The molecule has 1 aromatic carbocycles. The van der Waals surface area contributed by atoms with E-state index in [9.17, 15) is 18.0 Å². The van der Waals surface area contributed by atoms with E-state index >= 15 is 0 Å². The van der Waals surface area contributed by atoms with Gasteiger partial charge in [0.1, 0.15) is 0 Å². The molecule has 0 spiro atoms. The summed E-state index contributed by atoms with van der Waals surface area (Å²) in [6.07, 6.45) is -1.55. The third-order valence-corrected chi connectivity index (χ3v) is 4.47. The van der Waals surface area contributed by atoms with Crippen molar-refractivity contribution in [1.29, 1.82) is 0 Å². The Morgan fingerprint density at radius 2 is 1.91 bits per heavy atom. The molecule has 2 aliphatic rings. The maximum absolute atomic E-state index is 12.9. The maximum atomic E-state index is 12.9. The van der Waals surface area contributed by atoms with Gasteiger partial charge < -0.3 is 10.2 Å². The SMILES string of the molecule is C[C@H]1C[C@@H]1C(=O)Nc1cc(C(F)(F)F)ccc1N1CCCC1. The lowest BCUT2D eigenvalue weighted by atomic mass is 10.1. The van der Waals surface area contributed by atoms with Crippen molar-refractivity contribution in [3.05, 3.63) is 23.8 Å². The number of anilines is 2. The zero-order valence-corrected chi connectivity index (χ0v) is 12.4. The van der Waals surface area contributed by atoms with Gasteiger partial charge >= 0.3 is 6.18 Å². The number of halogens is 3. The summed E-state index contributed by atoms with van der Waals surface area (Å²) in [6.45, 7) is 3.60. The second kappa shape index (κ2) is 5.48. The lowest BCUT2D eigenvalue weighted by Gasteiger charge is -2.23. The highest BCUT2D eigenvalue weighted by molar-refractivity contribution is 5.97. The van der Waals surface area contributed by atoms with E-state index in [2.05, 4.69) is 5.32 Å². The van der Waals surface area contributed by atoms with Gasteiger partial charge in [-0.25, -0.2) is 0 Å². The van der Waals surface area contributed by atoms with Crippen molar-refractivity contribution >= 4 is 17.3 Å². The van der Waals surface area contributed by atoms with Crippen LogP contribution in [0.3, 0.4) is 0 Å². The Bertz CT molecular complexity index is 579. The summed E-state index contributed by atoms with van der Waals surface area (Å²) in [6, 6.07) is 3.61. The van der Waals surface area contributed by atoms with Crippen LogP contribution < -0.4 is 10.2 Å². The Morgan fingerprint density at radius 3 is 2.45 bits per heavy atom. The number of benzene rings is 1. The van der Waals surface area contributed by atoms with Gasteiger partial charge in [-0.15, -0.1) is 0 Å². The fourth-order valence-corrected chi connectivity index (χ4v) is 2.96. The fraction of sp³-hybridized carbons (Fsp3) is 0.562. The minimum Gasteiger partial charge on any atom is -0.370 e. The van der Waals surface area contributed by atoms with Gasteiger partial charge in [-0.05, 0) is 43.4 Å². The number of carbonyl (C=O) groups is 1. The number of alkyl halides is 3. The topological polar surface area (TPSA) is 32.3 Å². The molecular formula is C16H19F3N2O. The second-order valence-electron chi connectivity index (χ2n) is 6.23. The molecule has 1 N–H and O–H groups in total. The van der Waals surface area contributed by atoms with E-state index < -0.39 is 11.7 Å². The molecule has 1 heterocycles. The molecule has 0 aromatic heterocycles. The average molecular weight is 312 g/mol. The smallest absolute Gasteiger partial charge is 0.370 e. The molecule has 3 rings (SSSR count). The predicted octanol–water partition coefficient (Wildman–Crippen LogP) is 3.90. The van der Waals surface area contributed by atoms with Crippen LogP contribution in [0.5, 0.6) is 0 Å². The van der Waals surface area contributed by atoms with Crippen LogP contribution in [0.15, 0.2) is 18.2 Å². The second-order valence-corrected chi connectivity index (χ2v) is 6.23. The van der Waals surface area contributed by atoms with E-state index in [0.717, 1.165) is 44.5 Å². The molecule has 6 heteroatoms. The molecule has 0 bridgehead atoms. The first-order valence-corrected chi connectivity index (χ1v) is 7.63. The minimum absolute atomic E-state index is 0.0685. The highest BCUT2D eigenvalue weighted by atomic mass is 19.4. The molecule has 1 saturated heterocycles. The Labute approximate surface area is 127 Å². The van der Waals surface area contributed by atoms with E-state index in [-0.39, 0.29) is 17.5 Å². The van der Waals surface area contributed by atoms with Gasteiger partial charge in [0.2, 0.25) is 5.91 Å².